The minimum atomic E-state index is -0.296. The second-order valence-electron chi connectivity index (χ2n) is 5.05. The maximum atomic E-state index is 12.3. The number of nitrogens with zero attached hydrogens (tertiary/aromatic N) is 1. The molecule has 1 heterocycles. The number of halogens is 1. The Morgan fingerprint density at radius 1 is 1.17 bits per heavy atom. The quantitative estimate of drug-likeness (QED) is 0.748. The smallest absolute Gasteiger partial charge is 0.277 e. The third-order valence-electron chi connectivity index (χ3n) is 3.52. The van der Waals surface area contributed by atoms with Gasteiger partial charge in [-0.1, -0.05) is 41.9 Å². The van der Waals surface area contributed by atoms with Crippen molar-refractivity contribution in [3.63, 3.8) is 0 Å². The second kappa shape index (κ2) is 6.67. The molecule has 116 valence electrons. The Morgan fingerprint density at radius 2 is 1.91 bits per heavy atom. The zero-order valence-electron chi connectivity index (χ0n) is 12.5. The minimum Gasteiger partial charge on any atom is -0.355 e. The molecule has 0 aliphatic rings. The summed E-state index contributed by atoms with van der Waals surface area (Å²) in [5.41, 5.74) is 2.91. The highest BCUT2D eigenvalue weighted by molar-refractivity contribution is 6.30. The summed E-state index contributed by atoms with van der Waals surface area (Å²) >= 11 is 5.86. The zero-order chi connectivity index (χ0) is 16.2. The van der Waals surface area contributed by atoms with Crippen LogP contribution >= 0.6 is 11.6 Å². The minimum absolute atomic E-state index is 0.237. The molecule has 1 aromatic heterocycles. The van der Waals surface area contributed by atoms with Gasteiger partial charge in [0, 0.05) is 22.3 Å². The van der Waals surface area contributed by atoms with Crippen LogP contribution in [0.2, 0.25) is 5.02 Å². The Balaban J connectivity index is 1.80. The first-order valence-corrected chi connectivity index (χ1v) is 7.67. The predicted octanol–water partition coefficient (Wildman–Crippen LogP) is 4.81. The first kappa shape index (κ1) is 15.3. The van der Waals surface area contributed by atoms with E-state index in [2.05, 4.69) is 10.5 Å². The molecule has 0 bridgehead atoms. The lowest BCUT2D eigenvalue weighted by Crippen LogP contribution is -2.13. The van der Waals surface area contributed by atoms with E-state index in [0.29, 0.717) is 10.8 Å². The molecule has 0 saturated carbocycles. The van der Waals surface area contributed by atoms with E-state index in [1.165, 1.54) is 0 Å². The van der Waals surface area contributed by atoms with Crippen LogP contribution in [0.3, 0.4) is 0 Å². The fourth-order valence-corrected chi connectivity index (χ4v) is 2.40. The van der Waals surface area contributed by atoms with Crippen LogP contribution in [0.15, 0.2) is 59.1 Å². The molecule has 0 unspecified atom stereocenters. The van der Waals surface area contributed by atoms with Crippen molar-refractivity contribution in [2.75, 3.05) is 5.32 Å². The van der Waals surface area contributed by atoms with Crippen LogP contribution in [0.5, 0.6) is 0 Å². The van der Waals surface area contributed by atoms with E-state index in [9.17, 15) is 4.79 Å². The average molecular weight is 327 g/mol. The maximum absolute atomic E-state index is 12.3. The number of carbonyl (C=O) groups is 1. The molecule has 0 radical (unpaired) electrons. The van der Waals surface area contributed by atoms with E-state index in [4.69, 9.17) is 16.1 Å². The van der Waals surface area contributed by atoms with E-state index in [1.54, 1.807) is 18.2 Å². The van der Waals surface area contributed by atoms with Gasteiger partial charge in [-0.15, -0.1) is 0 Å². The molecule has 0 saturated heterocycles. The highest BCUT2D eigenvalue weighted by Crippen LogP contribution is 2.23. The van der Waals surface area contributed by atoms with E-state index in [0.717, 1.165) is 23.2 Å². The number of aromatic nitrogens is 1. The van der Waals surface area contributed by atoms with Crippen LogP contribution in [0.25, 0.3) is 11.3 Å². The fraction of sp³-hybridized carbons (Fsp3) is 0.111. The number of aryl methyl sites for hydroxylation is 1. The molecule has 0 aliphatic heterocycles. The summed E-state index contributed by atoms with van der Waals surface area (Å²) in [7, 11) is 0. The highest BCUT2D eigenvalue weighted by atomic mass is 35.5. The van der Waals surface area contributed by atoms with Crippen molar-refractivity contribution in [2.45, 2.75) is 13.3 Å². The Kier molecular flexibility index (Phi) is 4.44. The largest absolute Gasteiger partial charge is 0.355 e. The van der Waals surface area contributed by atoms with E-state index >= 15 is 0 Å². The molecule has 3 rings (SSSR count). The van der Waals surface area contributed by atoms with Crippen molar-refractivity contribution in [3.8, 4) is 11.3 Å². The normalized spacial score (nSPS) is 10.5. The molecule has 0 spiro atoms. The first-order valence-electron chi connectivity index (χ1n) is 7.29. The van der Waals surface area contributed by atoms with Gasteiger partial charge < -0.3 is 9.84 Å². The lowest BCUT2D eigenvalue weighted by atomic mass is 10.1. The van der Waals surface area contributed by atoms with E-state index in [-0.39, 0.29) is 11.6 Å². The number of para-hydroxylation sites is 1. The standard InChI is InChI=1S/C18H15ClN2O2/c1-2-12-5-3-4-6-15(12)20-18(22)16-11-17(23-21-16)13-7-9-14(19)10-8-13/h3-11H,2H2,1H3,(H,20,22). The van der Waals surface area contributed by atoms with Crippen molar-refractivity contribution in [1.82, 2.24) is 5.16 Å². The Hall–Kier alpha value is -2.59. The molecule has 0 atom stereocenters. The molecule has 0 aliphatic carbocycles. The van der Waals surface area contributed by atoms with Gasteiger partial charge in [0.1, 0.15) is 0 Å². The molecule has 4 nitrogen and oxygen atoms in total. The predicted molar refractivity (Wildman–Crippen MR) is 90.7 cm³/mol. The van der Waals surface area contributed by atoms with Crippen molar-refractivity contribution >= 4 is 23.2 Å². The lowest BCUT2D eigenvalue weighted by molar-refractivity contribution is 0.101. The van der Waals surface area contributed by atoms with Crippen LogP contribution in [0.1, 0.15) is 23.0 Å². The maximum Gasteiger partial charge on any atom is 0.277 e. The van der Waals surface area contributed by atoms with Crippen LogP contribution < -0.4 is 5.32 Å². The van der Waals surface area contributed by atoms with Gasteiger partial charge in [0.15, 0.2) is 11.5 Å². The summed E-state index contributed by atoms with van der Waals surface area (Å²) in [6.07, 6.45) is 0.839. The number of carbonyl (C=O) groups excluding carboxylic acids is 1. The number of nitrogens with one attached hydrogen (secondary N) is 1. The van der Waals surface area contributed by atoms with Crippen molar-refractivity contribution in [1.29, 1.82) is 0 Å². The molecule has 1 amide bonds. The molecule has 1 N–H and O–H groups in total. The van der Waals surface area contributed by atoms with Gasteiger partial charge in [-0.05, 0) is 42.3 Å². The number of hydrogen-bond acceptors (Lipinski definition) is 3. The third kappa shape index (κ3) is 3.43. The molecule has 5 heteroatoms. The molecular formula is C18H15ClN2O2. The van der Waals surface area contributed by atoms with Crippen LogP contribution in [-0.2, 0) is 6.42 Å². The number of amides is 1. The SMILES string of the molecule is CCc1ccccc1NC(=O)c1cc(-c2ccc(Cl)cc2)on1. The monoisotopic (exact) mass is 326 g/mol. The Morgan fingerprint density at radius 3 is 2.65 bits per heavy atom. The average Bonchev–Trinajstić information content (AvgIpc) is 3.06. The van der Waals surface area contributed by atoms with Gasteiger partial charge in [-0.25, -0.2) is 0 Å². The summed E-state index contributed by atoms with van der Waals surface area (Å²) in [6, 6.07) is 16.5. The van der Waals surface area contributed by atoms with Gasteiger partial charge in [-0.2, -0.15) is 0 Å². The lowest BCUT2D eigenvalue weighted by Gasteiger charge is -2.07. The molecule has 23 heavy (non-hydrogen) atoms. The first-order chi connectivity index (χ1) is 11.2. The van der Waals surface area contributed by atoms with Gasteiger partial charge >= 0.3 is 0 Å². The summed E-state index contributed by atoms with van der Waals surface area (Å²) < 4.78 is 5.25. The van der Waals surface area contributed by atoms with Crippen LogP contribution in [-0.4, -0.2) is 11.1 Å². The number of rotatable bonds is 4. The third-order valence-corrected chi connectivity index (χ3v) is 3.77. The summed E-state index contributed by atoms with van der Waals surface area (Å²) in [5, 5.41) is 7.36. The van der Waals surface area contributed by atoms with E-state index < -0.39 is 0 Å². The number of benzene rings is 2. The van der Waals surface area contributed by atoms with Crippen molar-refractivity contribution < 1.29 is 9.32 Å². The van der Waals surface area contributed by atoms with Gasteiger partial charge in [0.25, 0.3) is 5.91 Å². The van der Waals surface area contributed by atoms with Gasteiger partial charge in [0.2, 0.25) is 0 Å². The Bertz CT molecular complexity index is 825. The van der Waals surface area contributed by atoms with Crippen molar-refractivity contribution in [2.24, 2.45) is 0 Å². The number of anilines is 1. The summed E-state index contributed by atoms with van der Waals surface area (Å²) in [5.74, 6) is 0.227. The number of hydrogen-bond donors (Lipinski definition) is 1. The Labute approximate surface area is 139 Å². The zero-order valence-corrected chi connectivity index (χ0v) is 13.3. The molecule has 3 aromatic rings. The molecule has 0 fully saturated rings. The summed E-state index contributed by atoms with van der Waals surface area (Å²) in [6.45, 7) is 2.04. The summed E-state index contributed by atoms with van der Waals surface area (Å²) in [4.78, 5) is 12.3. The topological polar surface area (TPSA) is 55.1 Å². The van der Waals surface area contributed by atoms with E-state index in [1.807, 2.05) is 43.3 Å². The van der Waals surface area contributed by atoms with Crippen molar-refractivity contribution in [3.05, 3.63) is 70.9 Å². The second-order valence-corrected chi connectivity index (χ2v) is 5.48. The van der Waals surface area contributed by atoms with Crippen LogP contribution in [0, 0.1) is 0 Å². The highest BCUT2D eigenvalue weighted by Gasteiger charge is 2.15. The molecule has 2 aromatic carbocycles. The fourth-order valence-electron chi connectivity index (χ4n) is 2.27. The van der Waals surface area contributed by atoms with Gasteiger partial charge in [-0.3, -0.25) is 4.79 Å². The van der Waals surface area contributed by atoms with Crippen LogP contribution in [0.4, 0.5) is 5.69 Å². The van der Waals surface area contributed by atoms with Gasteiger partial charge in [0.05, 0.1) is 0 Å². The molecular weight excluding hydrogens is 312 g/mol.